The summed E-state index contributed by atoms with van der Waals surface area (Å²) in [7, 11) is 0. The predicted octanol–water partition coefficient (Wildman–Crippen LogP) is 3.99. The van der Waals surface area contributed by atoms with E-state index in [0.717, 1.165) is 21.1 Å². The molecule has 6 nitrogen and oxygen atoms in total. The number of hydrogen-bond donors (Lipinski definition) is 1. The van der Waals surface area contributed by atoms with Crippen LogP contribution in [0.4, 0.5) is 5.69 Å². The maximum atomic E-state index is 12.0. The molecule has 24 heavy (non-hydrogen) atoms. The number of carbonyl (C=O) groups is 1. The maximum absolute atomic E-state index is 12.0. The fraction of sp³-hybridized carbons (Fsp3) is 0.500. The highest BCUT2D eigenvalue weighted by atomic mass is 32.2. The summed E-state index contributed by atoms with van der Waals surface area (Å²) in [6.07, 6.45) is 6.28. The number of nitro groups is 1. The van der Waals surface area contributed by atoms with Gasteiger partial charge in [0.25, 0.3) is 5.69 Å². The number of nitro benzene ring substituents is 1. The number of carbonyl (C=O) groups excluding carboxylic acids is 1. The first-order chi connectivity index (χ1) is 11.6. The summed E-state index contributed by atoms with van der Waals surface area (Å²) in [5, 5.41) is 13.8. The molecule has 1 aliphatic carbocycles. The van der Waals surface area contributed by atoms with Crippen LogP contribution in [0, 0.1) is 16.0 Å². The average molecular weight is 365 g/mol. The minimum Gasteiger partial charge on any atom is -0.355 e. The van der Waals surface area contributed by atoms with Crippen molar-refractivity contribution >= 4 is 44.9 Å². The van der Waals surface area contributed by atoms with Gasteiger partial charge in [-0.3, -0.25) is 14.9 Å². The van der Waals surface area contributed by atoms with Crippen LogP contribution in [0.25, 0.3) is 10.2 Å². The summed E-state index contributed by atoms with van der Waals surface area (Å²) >= 11 is 2.77. The Morgan fingerprint density at radius 1 is 1.38 bits per heavy atom. The topological polar surface area (TPSA) is 85.1 Å². The van der Waals surface area contributed by atoms with Gasteiger partial charge < -0.3 is 5.32 Å². The first kappa shape index (κ1) is 17.2. The molecule has 1 fully saturated rings. The van der Waals surface area contributed by atoms with E-state index in [2.05, 4.69) is 10.3 Å². The second-order valence-electron chi connectivity index (χ2n) is 5.99. The third-order valence-electron chi connectivity index (χ3n) is 4.20. The Morgan fingerprint density at radius 3 is 2.92 bits per heavy atom. The van der Waals surface area contributed by atoms with Crippen LogP contribution >= 0.6 is 23.1 Å². The molecule has 1 aliphatic rings. The molecule has 128 valence electrons. The molecular formula is C16H19N3O3S2. The maximum Gasteiger partial charge on any atom is 0.270 e. The molecule has 3 rings (SSSR count). The first-order valence-electron chi connectivity index (χ1n) is 8.06. The molecule has 1 N–H and O–H groups in total. The Morgan fingerprint density at radius 2 is 2.17 bits per heavy atom. The van der Waals surface area contributed by atoms with Crippen LogP contribution in [0.15, 0.2) is 22.5 Å². The molecule has 1 aromatic carbocycles. The number of rotatable bonds is 6. The third kappa shape index (κ3) is 4.45. The van der Waals surface area contributed by atoms with Gasteiger partial charge in [0.15, 0.2) is 4.34 Å². The van der Waals surface area contributed by atoms with Gasteiger partial charge in [0, 0.05) is 18.7 Å². The standard InChI is InChI=1S/C16H19N3O3S2/c20-15(17-9-11-4-2-1-3-5-11)10-23-16-18-13-7-6-12(19(21)22)8-14(13)24-16/h6-8,11H,1-5,9-10H2,(H,17,20). The zero-order valence-corrected chi connectivity index (χ0v) is 14.8. The molecule has 1 amide bonds. The lowest BCUT2D eigenvalue weighted by atomic mass is 9.89. The number of non-ortho nitro benzene ring substituents is 1. The van der Waals surface area contributed by atoms with Gasteiger partial charge in [-0.05, 0) is 24.8 Å². The van der Waals surface area contributed by atoms with Crippen LogP contribution in [-0.2, 0) is 4.79 Å². The van der Waals surface area contributed by atoms with Gasteiger partial charge in [-0.15, -0.1) is 11.3 Å². The van der Waals surface area contributed by atoms with Crippen molar-refractivity contribution in [1.29, 1.82) is 0 Å². The van der Waals surface area contributed by atoms with Crippen molar-refractivity contribution in [2.75, 3.05) is 12.3 Å². The number of nitrogens with zero attached hydrogens (tertiary/aromatic N) is 2. The molecule has 1 aromatic heterocycles. The number of fused-ring (bicyclic) bond motifs is 1. The zero-order valence-electron chi connectivity index (χ0n) is 13.2. The smallest absolute Gasteiger partial charge is 0.270 e. The van der Waals surface area contributed by atoms with E-state index in [1.807, 2.05) is 0 Å². The Balaban J connectivity index is 1.51. The van der Waals surface area contributed by atoms with E-state index in [1.54, 1.807) is 6.07 Å². The lowest BCUT2D eigenvalue weighted by Gasteiger charge is -2.21. The van der Waals surface area contributed by atoms with Crippen molar-refractivity contribution < 1.29 is 9.72 Å². The predicted molar refractivity (Wildman–Crippen MR) is 96.6 cm³/mol. The van der Waals surface area contributed by atoms with Crippen molar-refractivity contribution in [2.45, 2.75) is 36.4 Å². The van der Waals surface area contributed by atoms with E-state index in [1.165, 1.54) is 67.3 Å². The monoisotopic (exact) mass is 365 g/mol. The summed E-state index contributed by atoms with van der Waals surface area (Å²) in [5.41, 5.74) is 0.795. The van der Waals surface area contributed by atoms with Crippen molar-refractivity contribution in [3.63, 3.8) is 0 Å². The normalized spacial score (nSPS) is 15.5. The summed E-state index contributed by atoms with van der Waals surface area (Å²) < 4.78 is 1.53. The van der Waals surface area contributed by atoms with Gasteiger partial charge in [-0.2, -0.15) is 0 Å². The van der Waals surface area contributed by atoms with E-state index >= 15 is 0 Å². The lowest BCUT2D eigenvalue weighted by Crippen LogP contribution is -2.31. The highest BCUT2D eigenvalue weighted by molar-refractivity contribution is 8.01. The average Bonchev–Trinajstić information content (AvgIpc) is 3.01. The van der Waals surface area contributed by atoms with Crippen LogP contribution in [0.5, 0.6) is 0 Å². The number of amides is 1. The summed E-state index contributed by atoms with van der Waals surface area (Å²) in [6.45, 7) is 0.769. The van der Waals surface area contributed by atoms with Gasteiger partial charge >= 0.3 is 0 Å². The number of nitrogens with one attached hydrogen (secondary N) is 1. The van der Waals surface area contributed by atoms with Gasteiger partial charge in [0.1, 0.15) is 0 Å². The summed E-state index contributed by atoms with van der Waals surface area (Å²) in [6, 6.07) is 4.63. The number of benzene rings is 1. The molecule has 0 unspecified atom stereocenters. The van der Waals surface area contributed by atoms with Gasteiger partial charge in [0.05, 0.1) is 20.9 Å². The Kier molecular flexibility index (Phi) is 5.68. The van der Waals surface area contributed by atoms with E-state index in [4.69, 9.17) is 0 Å². The van der Waals surface area contributed by atoms with Crippen molar-refractivity contribution in [3.05, 3.63) is 28.3 Å². The molecule has 0 radical (unpaired) electrons. The molecule has 1 saturated carbocycles. The first-order valence-corrected chi connectivity index (χ1v) is 9.86. The van der Waals surface area contributed by atoms with Crippen LogP contribution in [-0.4, -0.2) is 28.1 Å². The minimum atomic E-state index is -0.412. The number of aromatic nitrogens is 1. The second-order valence-corrected chi connectivity index (χ2v) is 8.24. The van der Waals surface area contributed by atoms with Crippen LogP contribution in [0.3, 0.4) is 0 Å². The zero-order chi connectivity index (χ0) is 16.9. The number of thioether (sulfide) groups is 1. The third-order valence-corrected chi connectivity index (χ3v) is 6.36. The minimum absolute atomic E-state index is 0.0239. The quantitative estimate of drug-likeness (QED) is 0.475. The van der Waals surface area contributed by atoms with E-state index < -0.39 is 4.92 Å². The molecular weight excluding hydrogens is 346 g/mol. The number of thiazole rings is 1. The molecule has 2 aromatic rings. The largest absolute Gasteiger partial charge is 0.355 e. The van der Waals surface area contributed by atoms with Crippen LogP contribution in [0.1, 0.15) is 32.1 Å². The molecule has 0 saturated heterocycles. The molecule has 0 bridgehead atoms. The van der Waals surface area contributed by atoms with Gasteiger partial charge in [0.2, 0.25) is 5.91 Å². The van der Waals surface area contributed by atoms with Gasteiger partial charge in [-0.1, -0.05) is 31.0 Å². The Hall–Kier alpha value is -1.67. The van der Waals surface area contributed by atoms with E-state index in [9.17, 15) is 14.9 Å². The Labute approximate surface area is 148 Å². The highest BCUT2D eigenvalue weighted by Gasteiger charge is 2.15. The lowest BCUT2D eigenvalue weighted by molar-refractivity contribution is -0.384. The molecule has 0 spiro atoms. The van der Waals surface area contributed by atoms with Gasteiger partial charge in [-0.25, -0.2) is 4.98 Å². The van der Waals surface area contributed by atoms with Crippen molar-refractivity contribution in [3.8, 4) is 0 Å². The van der Waals surface area contributed by atoms with Crippen LogP contribution < -0.4 is 5.32 Å². The SMILES string of the molecule is O=C(CSc1nc2ccc([N+](=O)[O-])cc2s1)NCC1CCCCC1. The van der Waals surface area contributed by atoms with Crippen molar-refractivity contribution in [1.82, 2.24) is 10.3 Å². The fourth-order valence-electron chi connectivity index (χ4n) is 2.90. The molecule has 0 aliphatic heterocycles. The van der Waals surface area contributed by atoms with E-state index in [0.29, 0.717) is 11.7 Å². The van der Waals surface area contributed by atoms with Crippen molar-refractivity contribution in [2.24, 2.45) is 5.92 Å². The molecule has 8 heteroatoms. The summed E-state index contributed by atoms with van der Waals surface area (Å²) in [4.78, 5) is 26.8. The Bertz CT molecular complexity index is 741. The summed E-state index contributed by atoms with van der Waals surface area (Å²) in [5.74, 6) is 0.973. The fourth-order valence-corrected chi connectivity index (χ4v) is 4.83. The second kappa shape index (κ2) is 7.94. The van der Waals surface area contributed by atoms with E-state index in [-0.39, 0.29) is 11.6 Å². The molecule has 0 atom stereocenters. The van der Waals surface area contributed by atoms with Crippen LogP contribution in [0.2, 0.25) is 0 Å². The molecule has 1 heterocycles. The highest BCUT2D eigenvalue weighted by Crippen LogP contribution is 2.31. The number of hydrogen-bond acceptors (Lipinski definition) is 6.